The molecule has 0 radical (unpaired) electrons. The summed E-state index contributed by atoms with van der Waals surface area (Å²) in [5, 5.41) is 30.6. The van der Waals surface area contributed by atoms with Crippen molar-refractivity contribution in [2.24, 2.45) is 0 Å². The van der Waals surface area contributed by atoms with Crippen LogP contribution in [0.5, 0.6) is 0 Å². The molecule has 2 aromatic rings. The van der Waals surface area contributed by atoms with Gasteiger partial charge in [-0.2, -0.15) is 5.26 Å². The molecule has 0 aliphatic carbocycles. The van der Waals surface area contributed by atoms with Crippen LogP contribution < -0.4 is 0 Å². The van der Waals surface area contributed by atoms with Crippen molar-refractivity contribution in [3.63, 3.8) is 0 Å². The first kappa shape index (κ1) is 20.1. The lowest BCUT2D eigenvalue weighted by atomic mass is 9.78. The minimum Gasteiger partial charge on any atom is -0.392 e. The molecule has 0 saturated carbocycles. The quantitative estimate of drug-likeness (QED) is 0.800. The van der Waals surface area contributed by atoms with E-state index in [-0.39, 0.29) is 12.4 Å². The Balaban J connectivity index is 2.59. The molecular formula is C21H25FN2O2. The molecule has 1 atom stereocenters. The summed E-state index contributed by atoms with van der Waals surface area (Å²) in [5.41, 5.74) is 1.35. The van der Waals surface area contributed by atoms with Gasteiger partial charge in [-0.05, 0) is 86.9 Å². The van der Waals surface area contributed by atoms with Crippen LogP contribution in [0, 0.1) is 24.1 Å². The highest BCUT2D eigenvalue weighted by atomic mass is 19.1. The van der Waals surface area contributed by atoms with Gasteiger partial charge in [-0.15, -0.1) is 0 Å². The maximum atomic E-state index is 13.6. The van der Waals surface area contributed by atoms with E-state index in [9.17, 15) is 14.6 Å². The van der Waals surface area contributed by atoms with E-state index in [1.165, 1.54) is 12.1 Å². The number of aliphatic hydroxyl groups excluding tert-OH is 1. The van der Waals surface area contributed by atoms with Crippen LogP contribution in [-0.4, -0.2) is 35.8 Å². The fourth-order valence-electron chi connectivity index (χ4n) is 3.35. The largest absolute Gasteiger partial charge is 0.392 e. The van der Waals surface area contributed by atoms with Crippen molar-refractivity contribution in [2.75, 3.05) is 20.6 Å². The summed E-state index contributed by atoms with van der Waals surface area (Å²) in [6.07, 6.45) is 1.13. The lowest BCUT2D eigenvalue weighted by molar-refractivity contribution is 0.0634. The van der Waals surface area contributed by atoms with E-state index < -0.39 is 5.60 Å². The van der Waals surface area contributed by atoms with Crippen LogP contribution in [0.1, 0.15) is 40.7 Å². The summed E-state index contributed by atoms with van der Waals surface area (Å²) in [4.78, 5) is 2.03. The predicted octanol–water partition coefficient (Wildman–Crippen LogP) is 3.08. The van der Waals surface area contributed by atoms with E-state index in [4.69, 9.17) is 5.26 Å². The van der Waals surface area contributed by atoms with E-state index in [1.807, 2.05) is 25.1 Å². The number of aliphatic hydroxyl groups is 2. The average molecular weight is 356 g/mol. The zero-order valence-electron chi connectivity index (χ0n) is 15.5. The molecule has 0 amide bonds. The smallest absolute Gasteiger partial charge is 0.123 e. The molecular weight excluding hydrogens is 331 g/mol. The van der Waals surface area contributed by atoms with Gasteiger partial charge in [0.1, 0.15) is 11.4 Å². The number of hydrogen-bond acceptors (Lipinski definition) is 4. The lowest BCUT2D eigenvalue weighted by Gasteiger charge is -2.33. The second-order valence-corrected chi connectivity index (χ2v) is 6.87. The summed E-state index contributed by atoms with van der Waals surface area (Å²) < 4.78 is 13.6. The Bertz CT molecular complexity index is 814. The molecule has 1 unspecified atom stereocenters. The van der Waals surface area contributed by atoms with Crippen LogP contribution >= 0.6 is 0 Å². The first-order chi connectivity index (χ1) is 12.3. The van der Waals surface area contributed by atoms with E-state index in [0.717, 1.165) is 6.54 Å². The number of nitriles is 1. The molecule has 2 rings (SSSR count). The van der Waals surface area contributed by atoms with Crippen molar-refractivity contribution < 1.29 is 14.6 Å². The summed E-state index contributed by atoms with van der Waals surface area (Å²) in [6.45, 7) is 2.26. The van der Waals surface area contributed by atoms with Gasteiger partial charge in [-0.3, -0.25) is 0 Å². The Hall–Kier alpha value is -2.26. The van der Waals surface area contributed by atoms with Gasteiger partial charge in [0.25, 0.3) is 0 Å². The first-order valence-electron chi connectivity index (χ1n) is 8.60. The third kappa shape index (κ3) is 4.28. The number of rotatable bonds is 7. The second kappa shape index (κ2) is 8.41. The molecule has 0 fully saturated rings. The van der Waals surface area contributed by atoms with Crippen LogP contribution in [0.4, 0.5) is 4.39 Å². The van der Waals surface area contributed by atoms with Crippen molar-refractivity contribution in [3.05, 3.63) is 70.0 Å². The van der Waals surface area contributed by atoms with Gasteiger partial charge in [-0.25, -0.2) is 4.39 Å². The molecule has 0 heterocycles. The number of halogens is 1. The van der Waals surface area contributed by atoms with E-state index in [2.05, 4.69) is 0 Å². The van der Waals surface area contributed by atoms with E-state index >= 15 is 0 Å². The zero-order valence-corrected chi connectivity index (χ0v) is 15.5. The average Bonchev–Trinajstić information content (AvgIpc) is 2.60. The van der Waals surface area contributed by atoms with Gasteiger partial charge >= 0.3 is 0 Å². The molecule has 5 heteroatoms. The van der Waals surface area contributed by atoms with Gasteiger partial charge in [0, 0.05) is 0 Å². The summed E-state index contributed by atoms with van der Waals surface area (Å²) >= 11 is 0. The minimum atomic E-state index is -1.38. The minimum absolute atomic E-state index is 0.291. The monoisotopic (exact) mass is 356 g/mol. The Morgan fingerprint density at radius 2 is 1.85 bits per heavy atom. The fourth-order valence-corrected chi connectivity index (χ4v) is 3.35. The second-order valence-electron chi connectivity index (χ2n) is 6.87. The summed E-state index contributed by atoms with van der Waals surface area (Å²) in [7, 11) is 3.92. The highest BCUT2D eigenvalue weighted by molar-refractivity contribution is 5.47. The molecule has 26 heavy (non-hydrogen) atoms. The number of nitrogens with zero attached hydrogens (tertiary/aromatic N) is 2. The van der Waals surface area contributed by atoms with Crippen LogP contribution in [0.25, 0.3) is 0 Å². The van der Waals surface area contributed by atoms with Crippen molar-refractivity contribution in [2.45, 2.75) is 32.0 Å². The Labute approximate surface area is 154 Å². The van der Waals surface area contributed by atoms with Crippen LogP contribution in [-0.2, 0) is 12.2 Å². The molecule has 0 aromatic heterocycles. The maximum absolute atomic E-state index is 13.6. The topological polar surface area (TPSA) is 67.5 Å². The predicted molar refractivity (Wildman–Crippen MR) is 99.0 cm³/mol. The summed E-state index contributed by atoms with van der Waals surface area (Å²) in [6, 6.07) is 11.3. The molecule has 0 spiro atoms. The van der Waals surface area contributed by atoms with Crippen molar-refractivity contribution in [1.29, 1.82) is 5.26 Å². The third-order valence-corrected chi connectivity index (χ3v) is 4.63. The van der Waals surface area contributed by atoms with Gasteiger partial charge < -0.3 is 15.1 Å². The number of hydrogen-bond donors (Lipinski definition) is 2. The number of aryl methyl sites for hydroxylation is 1. The molecule has 0 bridgehead atoms. The first-order valence-corrected chi connectivity index (χ1v) is 8.60. The van der Waals surface area contributed by atoms with Gasteiger partial charge in [0.15, 0.2) is 0 Å². The molecule has 2 N–H and O–H groups in total. The molecule has 2 aromatic carbocycles. The zero-order chi connectivity index (χ0) is 19.3. The van der Waals surface area contributed by atoms with Gasteiger partial charge in [0.05, 0.1) is 18.2 Å². The van der Waals surface area contributed by atoms with Gasteiger partial charge in [-0.1, -0.05) is 12.1 Å². The molecule has 0 saturated heterocycles. The SMILES string of the molecule is Cc1cc(F)ccc1C(O)(CCCN(C)C)c1ccc(C#N)cc1CO. The molecule has 4 nitrogen and oxygen atoms in total. The van der Waals surface area contributed by atoms with Crippen LogP contribution in [0.3, 0.4) is 0 Å². The highest BCUT2D eigenvalue weighted by Crippen LogP contribution is 2.38. The number of benzene rings is 2. The molecule has 0 aliphatic heterocycles. The third-order valence-electron chi connectivity index (χ3n) is 4.63. The summed E-state index contributed by atoms with van der Waals surface area (Å²) in [5.74, 6) is -0.357. The lowest BCUT2D eigenvalue weighted by Crippen LogP contribution is -2.31. The Morgan fingerprint density at radius 3 is 2.42 bits per heavy atom. The Morgan fingerprint density at radius 1 is 1.15 bits per heavy atom. The van der Waals surface area contributed by atoms with Crippen LogP contribution in [0.2, 0.25) is 0 Å². The molecule has 138 valence electrons. The standard InChI is InChI=1S/C21H25FN2O2/c1-15-11-18(22)6-8-19(15)21(26,9-4-10-24(2)3)20-7-5-16(13-23)12-17(20)14-25/h5-8,11-12,25-26H,4,9-10,14H2,1-3H3. The van der Waals surface area contributed by atoms with Crippen LogP contribution in [0.15, 0.2) is 36.4 Å². The normalized spacial score (nSPS) is 13.5. The Kier molecular flexibility index (Phi) is 6.49. The van der Waals surface area contributed by atoms with Crippen molar-refractivity contribution in [3.8, 4) is 6.07 Å². The molecule has 0 aliphatic rings. The maximum Gasteiger partial charge on any atom is 0.123 e. The van der Waals surface area contributed by atoms with Crippen molar-refractivity contribution >= 4 is 0 Å². The fraction of sp³-hybridized carbons (Fsp3) is 0.381. The van der Waals surface area contributed by atoms with E-state index in [1.54, 1.807) is 31.2 Å². The van der Waals surface area contributed by atoms with Crippen molar-refractivity contribution in [1.82, 2.24) is 4.90 Å². The highest BCUT2D eigenvalue weighted by Gasteiger charge is 2.34. The van der Waals surface area contributed by atoms with E-state index in [0.29, 0.717) is 40.7 Å². The van der Waals surface area contributed by atoms with Gasteiger partial charge in [0.2, 0.25) is 0 Å².